The zero-order valence-electron chi connectivity index (χ0n) is 21.7. The van der Waals surface area contributed by atoms with Crippen LogP contribution in [0.25, 0.3) is 0 Å². The van der Waals surface area contributed by atoms with Gasteiger partial charge >= 0.3 is 11.9 Å². The first kappa shape index (κ1) is 27.2. The van der Waals surface area contributed by atoms with Crippen molar-refractivity contribution in [3.63, 3.8) is 0 Å². The molecule has 10 heteroatoms. The summed E-state index contributed by atoms with van der Waals surface area (Å²) in [5.74, 6) is 0.0832. The highest BCUT2D eigenvalue weighted by molar-refractivity contribution is 7.16. The Morgan fingerprint density at radius 2 is 1.86 bits per heavy atom. The second-order valence-corrected chi connectivity index (χ2v) is 9.81. The molecule has 0 bridgehead atoms. The van der Waals surface area contributed by atoms with Crippen molar-refractivity contribution in [3.8, 4) is 11.5 Å². The van der Waals surface area contributed by atoms with Gasteiger partial charge in [0.25, 0.3) is 0 Å². The third-order valence-electron chi connectivity index (χ3n) is 6.03. The Labute approximate surface area is 214 Å². The monoisotopic (exact) mass is 516 g/mol. The molecule has 0 saturated carbocycles. The molecular formula is C26H32N2O7S. The van der Waals surface area contributed by atoms with Crippen LogP contribution < -0.4 is 14.8 Å². The first-order valence-corrected chi connectivity index (χ1v) is 12.4. The van der Waals surface area contributed by atoms with Crippen LogP contribution in [0.5, 0.6) is 11.5 Å². The number of thiazole rings is 1. The SMILES string of the molecule is COC(=O)c1nc(NC(=O)CC/C(C)=C/Cc2c(OC)c(C)c3c(c2OC)C(=O)OC3)sc1C(C)C. The van der Waals surface area contributed by atoms with Crippen molar-refractivity contribution in [2.45, 2.75) is 59.5 Å². The van der Waals surface area contributed by atoms with Gasteiger partial charge in [-0.15, -0.1) is 11.3 Å². The molecule has 0 atom stereocenters. The van der Waals surface area contributed by atoms with E-state index in [1.54, 1.807) is 7.11 Å². The van der Waals surface area contributed by atoms with Gasteiger partial charge in [0.05, 0.1) is 21.3 Å². The number of carbonyl (C=O) groups is 3. The Balaban J connectivity index is 1.70. The summed E-state index contributed by atoms with van der Waals surface area (Å²) in [5, 5.41) is 3.16. The predicted molar refractivity (Wildman–Crippen MR) is 136 cm³/mol. The van der Waals surface area contributed by atoms with Crippen molar-refractivity contribution in [1.29, 1.82) is 0 Å². The minimum atomic E-state index is -0.518. The van der Waals surface area contributed by atoms with E-state index in [2.05, 4.69) is 10.3 Å². The molecule has 1 amide bonds. The van der Waals surface area contributed by atoms with Crippen LogP contribution in [-0.2, 0) is 27.3 Å². The predicted octanol–water partition coefficient (Wildman–Crippen LogP) is 4.96. The van der Waals surface area contributed by atoms with Gasteiger partial charge in [0, 0.05) is 22.4 Å². The highest BCUT2D eigenvalue weighted by Gasteiger charge is 2.32. The molecule has 3 rings (SSSR count). The molecule has 1 N–H and O–H groups in total. The van der Waals surface area contributed by atoms with Gasteiger partial charge in [-0.25, -0.2) is 14.6 Å². The highest BCUT2D eigenvalue weighted by atomic mass is 32.1. The number of rotatable bonds is 10. The summed E-state index contributed by atoms with van der Waals surface area (Å²) in [5.41, 5.74) is 4.08. The number of carbonyl (C=O) groups excluding carboxylic acids is 3. The van der Waals surface area contributed by atoms with E-state index in [0.717, 1.165) is 27.1 Å². The molecule has 0 radical (unpaired) electrons. The summed E-state index contributed by atoms with van der Waals surface area (Å²) in [6, 6.07) is 0. The number of esters is 2. The van der Waals surface area contributed by atoms with Crippen molar-refractivity contribution in [1.82, 2.24) is 4.98 Å². The molecule has 2 heterocycles. The van der Waals surface area contributed by atoms with Crippen molar-refractivity contribution >= 4 is 34.3 Å². The summed E-state index contributed by atoms with van der Waals surface area (Å²) < 4.78 is 21.3. The zero-order chi connectivity index (χ0) is 26.6. The fourth-order valence-electron chi connectivity index (χ4n) is 4.13. The van der Waals surface area contributed by atoms with Crippen LogP contribution in [0, 0.1) is 6.92 Å². The summed E-state index contributed by atoms with van der Waals surface area (Å²) >= 11 is 1.28. The van der Waals surface area contributed by atoms with Crippen molar-refractivity contribution in [2.24, 2.45) is 0 Å². The Bertz CT molecular complexity index is 1210. The minimum absolute atomic E-state index is 0.0751. The van der Waals surface area contributed by atoms with Gasteiger partial charge in [0.2, 0.25) is 5.91 Å². The number of hydrogen-bond donors (Lipinski definition) is 1. The molecule has 36 heavy (non-hydrogen) atoms. The molecule has 0 saturated heterocycles. The Hall–Kier alpha value is -3.40. The second kappa shape index (κ2) is 11.6. The summed E-state index contributed by atoms with van der Waals surface area (Å²) in [4.78, 5) is 41.9. The zero-order valence-corrected chi connectivity index (χ0v) is 22.5. The van der Waals surface area contributed by atoms with E-state index in [-0.39, 0.29) is 30.5 Å². The molecule has 2 aromatic rings. The minimum Gasteiger partial charge on any atom is -0.496 e. The van der Waals surface area contributed by atoms with Gasteiger partial charge in [0.15, 0.2) is 10.8 Å². The largest absolute Gasteiger partial charge is 0.496 e. The molecule has 1 aromatic heterocycles. The van der Waals surface area contributed by atoms with E-state index in [9.17, 15) is 14.4 Å². The molecule has 194 valence electrons. The van der Waals surface area contributed by atoms with Crippen molar-refractivity contribution < 1.29 is 33.3 Å². The lowest BCUT2D eigenvalue weighted by Gasteiger charge is -2.18. The van der Waals surface area contributed by atoms with Crippen molar-refractivity contribution in [3.05, 3.63) is 44.5 Å². The van der Waals surface area contributed by atoms with Gasteiger partial charge in [-0.05, 0) is 38.2 Å². The molecule has 9 nitrogen and oxygen atoms in total. The average molecular weight is 517 g/mol. The van der Waals surface area contributed by atoms with Gasteiger partial charge in [-0.2, -0.15) is 0 Å². The smallest absolute Gasteiger partial charge is 0.357 e. The summed E-state index contributed by atoms with van der Waals surface area (Å²) in [7, 11) is 4.42. The van der Waals surface area contributed by atoms with Crippen LogP contribution in [0.2, 0.25) is 0 Å². The number of fused-ring (bicyclic) bond motifs is 1. The lowest BCUT2D eigenvalue weighted by molar-refractivity contribution is -0.116. The number of amides is 1. The number of hydrogen-bond acceptors (Lipinski definition) is 9. The van der Waals surface area contributed by atoms with Crippen LogP contribution in [0.1, 0.15) is 81.9 Å². The fourth-order valence-corrected chi connectivity index (χ4v) is 5.10. The first-order valence-electron chi connectivity index (χ1n) is 11.6. The third kappa shape index (κ3) is 5.53. The maximum absolute atomic E-state index is 12.6. The molecule has 0 aliphatic carbocycles. The quantitative estimate of drug-likeness (QED) is 0.348. The number of nitrogens with one attached hydrogen (secondary N) is 1. The van der Waals surface area contributed by atoms with Crippen LogP contribution in [0.3, 0.4) is 0 Å². The van der Waals surface area contributed by atoms with E-state index in [0.29, 0.717) is 35.0 Å². The average Bonchev–Trinajstić information content (AvgIpc) is 3.45. The van der Waals surface area contributed by atoms with E-state index in [1.807, 2.05) is 33.8 Å². The van der Waals surface area contributed by atoms with E-state index < -0.39 is 11.9 Å². The number of aromatic nitrogens is 1. The number of anilines is 1. The van der Waals surface area contributed by atoms with Gasteiger partial charge in [-0.3, -0.25) is 4.79 Å². The summed E-state index contributed by atoms with van der Waals surface area (Å²) in [6.07, 6.45) is 3.23. The molecule has 1 aliphatic rings. The van der Waals surface area contributed by atoms with Crippen LogP contribution in [0.4, 0.5) is 5.13 Å². The van der Waals surface area contributed by atoms with Gasteiger partial charge < -0.3 is 24.3 Å². The number of allylic oxidation sites excluding steroid dienone is 2. The maximum atomic E-state index is 12.6. The maximum Gasteiger partial charge on any atom is 0.357 e. The fraction of sp³-hybridized carbons (Fsp3) is 0.462. The molecule has 1 aliphatic heterocycles. The number of nitrogens with zero attached hydrogens (tertiary/aromatic N) is 1. The lowest BCUT2D eigenvalue weighted by Crippen LogP contribution is -2.12. The molecule has 0 unspecified atom stereocenters. The number of methoxy groups -OCH3 is 3. The summed E-state index contributed by atoms with van der Waals surface area (Å²) in [6.45, 7) is 7.95. The molecule has 1 aromatic carbocycles. The number of ether oxygens (including phenoxy) is 4. The van der Waals surface area contributed by atoms with E-state index in [1.165, 1.54) is 25.6 Å². The highest BCUT2D eigenvalue weighted by Crippen LogP contribution is 2.42. The van der Waals surface area contributed by atoms with Crippen LogP contribution in [0.15, 0.2) is 11.6 Å². The first-order chi connectivity index (χ1) is 17.1. The number of cyclic esters (lactones) is 1. The molecular weight excluding hydrogens is 484 g/mol. The Morgan fingerprint density at radius 1 is 1.17 bits per heavy atom. The number of benzene rings is 1. The normalized spacial score (nSPS) is 12.9. The van der Waals surface area contributed by atoms with Crippen LogP contribution >= 0.6 is 11.3 Å². The standard InChI is InChI=1S/C26H32N2O7S/c1-13(2)23-20(25(31)34-7)28-26(36-23)27-18(29)11-9-14(3)8-10-16-21(32-5)15(4)17-12-35-24(30)19(17)22(16)33-6/h8,13H,9-12H2,1-7H3,(H,27,28,29)/b14-8+. The molecule has 0 fully saturated rings. The molecule has 0 spiro atoms. The Morgan fingerprint density at radius 3 is 2.47 bits per heavy atom. The third-order valence-corrected chi connectivity index (χ3v) is 7.31. The van der Waals surface area contributed by atoms with Crippen LogP contribution in [-0.4, -0.2) is 44.2 Å². The second-order valence-electron chi connectivity index (χ2n) is 8.78. The van der Waals surface area contributed by atoms with Gasteiger partial charge in [0.1, 0.15) is 23.7 Å². The van der Waals surface area contributed by atoms with E-state index in [4.69, 9.17) is 18.9 Å². The topological polar surface area (TPSA) is 113 Å². The van der Waals surface area contributed by atoms with Gasteiger partial charge in [-0.1, -0.05) is 25.5 Å². The lowest BCUT2D eigenvalue weighted by atomic mass is 9.94. The van der Waals surface area contributed by atoms with E-state index >= 15 is 0 Å². The Kier molecular flexibility index (Phi) is 8.73. The van der Waals surface area contributed by atoms with Crippen molar-refractivity contribution in [2.75, 3.05) is 26.6 Å².